The summed E-state index contributed by atoms with van der Waals surface area (Å²) in [5, 5.41) is 0. The Morgan fingerprint density at radius 3 is 2.95 bits per heavy atom. The van der Waals surface area contributed by atoms with E-state index < -0.39 is 17.3 Å². The number of carbonyl (C=O) groups is 2. The van der Waals surface area contributed by atoms with Gasteiger partial charge in [0.15, 0.2) is 12.2 Å². The zero-order valence-electron chi connectivity index (χ0n) is 11.7. The molecule has 1 atom stereocenters. The van der Waals surface area contributed by atoms with E-state index in [1.807, 2.05) is 0 Å². The number of ether oxygens (including phenoxy) is 2. The van der Waals surface area contributed by atoms with Crippen molar-refractivity contribution in [3.05, 3.63) is 30.1 Å². The Kier molecular flexibility index (Phi) is 4.42. The van der Waals surface area contributed by atoms with E-state index in [0.29, 0.717) is 6.54 Å². The van der Waals surface area contributed by atoms with Crippen molar-refractivity contribution in [3.8, 4) is 5.75 Å². The van der Waals surface area contributed by atoms with Crippen LogP contribution in [0.4, 0.5) is 4.39 Å². The van der Waals surface area contributed by atoms with Crippen molar-refractivity contribution in [3.63, 3.8) is 0 Å². The summed E-state index contributed by atoms with van der Waals surface area (Å²) in [4.78, 5) is 24.9. The van der Waals surface area contributed by atoms with Crippen LogP contribution in [0.1, 0.15) is 6.92 Å². The number of rotatable bonds is 4. The van der Waals surface area contributed by atoms with Gasteiger partial charge in [0.2, 0.25) is 0 Å². The molecule has 0 saturated carbocycles. The fourth-order valence-electron chi connectivity index (χ4n) is 2.03. The van der Waals surface area contributed by atoms with Gasteiger partial charge < -0.3 is 20.1 Å². The Morgan fingerprint density at radius 1 is 1.52 bits per heavy atom. The van der Waals surface area contributed by atoms with E-state index in [4.69, 9.17) is 15.2 Å². The molecule has 1 fully saturated rings. The van der Waals surface area contributed by atoms with Gasteiger partial charge >= 0.3 is 0 Å². The molecule has 1 heterocycles. The predicted octanol–water partition coefficient (Wildman–Crippen LogP) is 0.307. The van der Waals surface area contributed by atoms with Crippen LogP contribution in [0.25, 0.3) is 0 Å². The molecule has 114 valence electrons. The van der Waals surface area contributed by atoms with Crippen molar-refractivity contribution in [2.24, 2.45) is 5.73 Å². The molecular weight excluding hydrogens is 279 g/mol. The third-order valence-corrected chi connectivity index (χ3v) is 3.31. The summed E-state index contributed by atoms with van der Waals surface area (Å²) in [5.74, 6) is -1.09. The van der Waals surface area contributed by atoms with Gasteiger partial charge in [0.1, 0.15) is 11.6 Å². The van der Waals surface area contributed by atoms with E-state index in [0.717, 1.165) is 0 Å². The van der Waals surface area contributed by atoms with Crippen molar-refractivity contribution >= 4 is 11.8 Å². The van der Waals surface area contributed by atoms with Crippen molar-refractivity contribution in [2.45, 2.75) is 12.5 Å². The van der Waals surface area contributed by atoms with E-state index in [1.165, 1.54) is 23.1 Å². The fourth-order valence-corrected chi connectivity index (χ4v) is 2.03. The zero-order valence-corrected chi connectivity index (χ0v) is 11.7. The van der Waals surface area contributed by atoms with Crippen LogP contribution in [0.2, 0.25) is 0 Å². The summed E-state index contributed by atoms with van der Waals surface area (Å²) in [6.45, 7) is 1.97. The maximum Gasteiger partial charge on any atom is 0.260 e. The predicted molar refractivity (Wildman–Crippen MR) is 72.0 cm³/mol. The normalized spacial score (nSPS) is 21.9. The van der Waals surface area contributed by atoms with Crippen LogP contribution in [0.5, 0.6) is 5.75 Å². The Labute approximate surface area is 121 Å². The largest absolute Gasteiger partial charge is 0.484 e. The molecule has 1 unspecified atom stereocenters. The lowest BCUT2D eigenvalue weighted by molar-refractivity contribution is -0.161. The molecule has 2 amide bonds. The third-order valence-electron chi connectivity index (χ3n) is 3.31. The summed E-state index contributed by atoms with van der Waals surface area (Å²) in [7, 11) is 0. The van der Waals surface area contributed by atoms with Gasteiger partial charge in [0.25, 0.3) is 11.8 Å². The van der Waals surface area contributed by atoms with Gasteiger partial charge in [-0.25, -0.2) is 4.39 Å². The zero-order chi connectivity index (χ0) is 15.5. The number of carbonyl (C=O) groups excluding carboxylic acids is 2. The van der Waals surface area contributed by atoms with E-state index in [2.05, 4.69) is 0 Å². The molecule has 0 radical (unpaired) electrons. The molecule has 1 aliphatic rings. The molecule has 0 aliphatic carbocycles. The highest BCUT2D eigenvalue weighted by Crippen LogP contribution is 2.18. The topological polar surface area (TPSA) is 81.9 Å². The summed E-state index contributed by atoms with van der Waals surface area (Å²) in [6, 6.07) is 5.53. The molecular formula is C14H17FN2O4. The maximum atomic E-state index is 13.0. The summed E-state index contributed by atoms with van der Waals surface area (Å²) >= 11 is 0. The average molecular weight is 296 g/mol. The molecule has 1 aromatic carbocycles. The SMILES string of the molecule is CC1(C(N)=O)CN(C(=O)COc2cccc(F)c2)CCO1. The standard InChI is InChI=1S/C14H17FN2O4/c1-14(13(16)19)9-17(5-6-21-14)12(18)8-20-11-4-2-3-10(15)7-11/h2-4,7H,5-6,8-9H2,1H3,(H2,16,19). The maximum absolute atomic E-state index is 13.0. The Bertz CT molecular complexity index is 552. The number of nitrogens with two attached hydrogens (primary N) is 1. The van der Waals surface area contributed by atoms with Crippen LogP contribution in [0.15, 0.2) is 24.3 Å². The van der Waals surface area contributed by atoms with E-state index in [-0.39, 0.29) is 31.4 Å². The first-order chi connectivity index (χ1) is 9.90. The van der Waals surface area contributed by atoms with Gasteiger partial charge in [0, 0.05) is 12.6 Å². The first-order valence-electron chi connectivity index (χ1n) is 6.51. The molecule has 1 saturated heterocycles. The minimum absolute atomic E-state index is 0.0771. The van der Waals surface area contributed by atoms with Crippen molar-refractivity contribution < 1.29 is 23.5 Å². The van der Waals surface area contributed by atoms with Gasteiger partial charge in [-0.15, -0.1) is 0 Å². The van der Waals surface area contributed by atoms with Crippen molar-refractivity contribution in [1.82, 2.24) is 4.90 Å². The lowest BCUT2D eigenvalue weighted by atomic mass is 10.0. The minimum Gasteiger partial charge on any atom is -0.484 e. The number of hydrogen-bond acceptors (Lipinski definition) is 4. The number of primary amides is 1. The number of morpholine rings is 1. The Hall–Kier alpha value is -2.15. The molecule has 0 bridgehead atoms. The Balaban J connectivity index is 1.93. The van der Waals surface area contributed by atoms with Gasteiger partial charge in [-0.05, 0) is 19.1 Å². The van der Waals surface area contributed by atoms with Crippen molar-refractivity contribution in [1.29, 1.82) is 0 Å². The lowest BCUT2D eigenvalue weighted by Gasteiger charge is -2.38. The second-order valence-electron chi connectivity index (χ2n) is 5.00. The first-order valence-corrected chi connectivity index (χ1v) is 6.51. The molecule has 2 rings (SSSR count). The van der Waals surface area contributed by atoms with E-state index in [9.17, 15) is 14.0 Å². The first kappa shape index (κ1) is 15.2. The second kappa shape index (κ2) is 6.09. The minimum atomic E-state index is -1.19. The van der Waals surface area contributed by atoms with Crippen LogP contribution < -0.4 is 10.5 Å². The van der Waals surface area contributed by atoms with Gasteiger partial charge in [-0.3, -0.25) is 9.59 Å². The fraction of sp³-hybridized carbons (Fsp3) is 0.429. The molecule has 0 aromatic heterocycles. The highest BCUT2D eigenvalue weighted by atomic mass is 19.1. The van der Waals surface area contributed by atoms with Crippen molar-refractivity contribution in [2.75, 3.05) is 26.3 Å². The summed E-state index contributed by atoms with van der Waals surface area (Å²) in [6.07, 6.45) is 0. The van der Waals surface area contributed by atoms with Crippen LogP contribution in [-0.4, -0.2) is 48.6 Å². The number of amides is 2. The van der Waals surface area contributed by atoms with Gasteiger partial charge in [0.05, 0.1) is 13.2 Å². The molecule has 6 nitrogen and oxygen atoms in total. The van der Waals surface area contributed by atoms with Crippen LogP contribution in [0, 0.1) is 5.82 Å². The lowest BCUT2D eigenvalue weighted by Crippen LogP contribution is -2.58. The number of nitrogens with zero attached hydrogens (tertiary/aromatic N) is 1. The summed E-state index contributed by atoms with van der Waals surface area (Å²) in [5.41, 5.74) is 4.08. The van der Waals surface area contributed by atoms with Crippen LogP contribution in [0.3, 0.4) is 0 Å². The van der Waals surface area contributed by atoms with Crippen LogP contribution >= 0.6 is 0 Å². The third kappa shape index (κ3) is 3.69. The van der Waals surface area contributed by atoms with Gasteiger partial charge in [-0.1, -0.05) is 6.07 Å². The second-order valence-corrected chi connectivity index (χ2v) is 5.00. The average Bonchev–Trinajstić information content (AvgIpc) is 2.45. The monoisotopic (exact) mass is 296 g/mol. The number of hydrogen-bond donors (Lipinski definition) is 1. The van der Waals surface area contributed by atoms with E-state index >= 15 is 0 Å². The van der Waals surface area contributed by atoms with E-state index in [1.54, 1.807) is 13.0 Å². The molecule has 7 heteroatoms. The molecule has 2 N–H and O–H groups in total. The highest BCUT2D eigenvalue weighted by molar-refractivity contribution is 5.85. The number of halogens is 1. The number of benzene rings is 1. The molecule has 1 aromatic rings. The highest BCUT2D eigenvalue weighted by Gasteiger charge is 2.39. The molecule has 21 heavy (non-hydrogen) atoms. The Morgan fingerprint density at radius 2 is 2.29 bits per heavy atom. The smallest absolute Gasteiger partial charge is 0.260 e. The molecule has 1 aliphatic heterocycles. The van der Waals surface area contributed by atoms with Crippen LogP contribution in [-0.2, 0) is 14.3 Å². The quantitative estimate of drug-likeness (QED) is 0.867. The van der Waals surface area contributed by atoms with Gasteiger partial charge in [-0.2, -0.15) is 0 Å². The molecule has 0 spiro atoms. The summed E-state index contributed by atoms with van der Waals surface area (Å²) < 4.78 is 23.6.